The van der Waals surface area contributed by atoms with Crippen LogP contribution in [0.25, 0.3) is 10.9 Å². The van der Waals surface area contributed by atoms with E-state index in [0.717, 1.165) is 22.2 Å². The summed E-state index contributed by atoms with van der Waals surface area (Å²) in [6.45, 7) is 1.94. The third kappa shape index (κ3) is 1.16. The third-order valence-corrected chi connectivity index (χ3v) is 2.06. The van der Waals surface area contributed by atoms with E-state index in [0.29, 0.717) is 0 Å². The van der Waals surface area contributed by atoms with Crippen LogP contribution in [0.3, 0.4) is 0 Å². The molecule has 1 aromatic heterocycles. The lowest BCUT2D eigenvalue weighted by Gasteiger charge is -1.97. The molecular weight excluding hydrogens is 164 g/mol. The van der Waals surface area contributed by atoms with E-state index in [-0.39, 0.29) is 5.84 Å². The molecule has 1 heterocycles. The van der Waals surface area contributed by atoms with Crippen LogP contribution >= 0.6 is 0 Å². The van der Waals surface area contributed by atoms with Crippen LogP contribution in [0.2, 0.25) is 0 Å². The van der Waals surface area contributed by atoms with Crippen LogP contribution in [0.1, 0.15) is 11.3 Å². The maximum Gasteiger partial charge on any atom is 0.122 e. The summed E-state index contributed by atoms with van der Waals surface area (Å²) in [5.74, 6) is 0.0856. The summed E-state index contributed by atoms with van der Waals surface area (Å²) in [7, 11) is 0. The number of hydrogen-bond donors (Lipinski definition) is 3. The van der Waals surface area contributed by atoms with Crippen LogP contribution in [-0.4, -0.2) is 16.0 Å². The van der Waals surface area contributed by atoms with Crippen molar-refractivity contribution in [2.75, 3.05) is 0 Å². The zero-order valence-electron chi connectivity index (χ0n) is 7.26. The standard InChI is InChI=1S/C9H10N4/c1-5-7-4-6(9(10)11)2-3-8(7)13-12-5/h2-4H,1H3,(H3,10,11)(H,12,13). The number of aromatic amines is 1. The number of aromatic nitrogens is 2. The van der Waals surface area contributed by atoms with E-state index in [2.05, 4.69) is 10.2 Å². The van der Waals surface area contributed by atoms with E-state index in [1.165, 1.54) is 0 Å². The van der Waals surface area contributed by atoms with Gasteiger partial charge in [0.1, 0.15) is 5.84 Å². The maximum absolute atomic E-state index is 7.28. The first-order valence-electron chi connectivity index (χ1n) is 3.97. The molecule has 4 nitrogen and oxygen atoms in total. The first-order valence-corrected chi connectivity index (χ1v) is 3.97. The number of nitrogen functional groups attached to an aromatic ring is 1. The predicted molar refractivity (Wildman–Crippen MR) is 51.8 cm³/mol. The van der Waals surface area contributed by atoms with Crippen LogP contribution in [0.4, 0.5) is 0 Å². The van der Waals surface area contributed by atoms with Gasteiger partial charge in [-0.3, -0.25) is 10.5 Å². The molecule has 4 heteroatoms. The summed E-state index contributed by atoms with van der Waals surface area (Å²) in [5, 5.41) is 15.3. The lowest BCUT2D eigenvalue weighted by atomic mass is 10.1. The highest BCUT2D eigenvalue weighted by molar-refractivity contribution is 5.98. The smallest absolute Gasteiger partial charge is 0.122 e. The van der Waals surface area contributed by atoms with Crippen LogP contribution in [0.15, 0.2) is 18.2 Å². The molecule has 0 spiro atoms. The molecule has 0 aliphatic carbocycles. The average Bonchev–Trinajstić information content (AvgIpc) is 2.47. The van der Waals surface area contributed by atoms with Crippen LogP contribution in [0, 0.1) is 12.3 Å². The Kier molecular flexibility index (Phi) is 1.55. The SMILES string of the molecule is Cc1[nH]nc2ccc(C(=N)N)cc12. The van der Waals surface area contributed by atoms with Gasteiger partial charge in [-0.05, 0) is 25.1 Å². The molecule has 0 aliphatic rings. The largest absolute Gasteiger partial charge is 0.384 e. The number of nitrogens with two attached hydrogens (primary N) is 1. The zero-order valence-corrected chi connectivity index (χ0v) is 7.26. The predicted octanol–water partition coefficient (Wildman–Crippen LogP) is 1.16. The summed E-state index contributed by atoms with van der Waals surface area (Å²) in [6.07, 6.45) is 0. The number of hydrogen-bond acceptors (Lipinski definition) is 2. The van der Waals surface area contributed by atoms with Crippen molar-refractivity contribution in [3.63, 3.8) is 0 Å². The first kappa shape index (κ1) is 7.79. The minimum absolute atomic E-state index is 0.0856. The van der Waals surface area contributed by atoms with Gasteiger partial charge >= 0.3 is 0 Å². The Morgan fingerprint density at radius 2 is 2.31 bits per heavy atom. The molecule has 0 atom stereocenters. The fourth-order valence-corrected chi connectivity index (χ4v) is 1.31. The molecule has 0 fully saturated rings. The van der Waals surface area contributed by atoms with E-state index in [1.54, 1.807) is 6.07 Å². The van der Waals surface area contributed by atoms with Gasteiger partial charge in [0.2, 0.25) is 0 Å². The molecule has 2 aromatic rings. The normalized spacial score (nSPS) is 10.5. The summed E-state index contributed by atoms with van der Waals surface area (Å²) in [4.78, 5) is 0. The minimum atomic E-state index is 0.0856. The Bertz CT molecular complexity index is 469. The Morgan fingerprint density at radius 1 is 1.54 bits per heavy atom. The van der Waals surface area contributed by atoms with E-state index < -0.39 is 0 Å². The Labute approximate surface area is 75.3 Å². The molecular formula is C9H10N4. The van der Waals surface area contributed by atoms with E-state index in [4.69, 9.17) is 11.1 Å². The van der Waals surface area contributed by atoms with Gasteiger partial charge in [-0.1, -0.05) is 0 Å². The van der Waals surface area contributed by atoms with Gasteiger partial charge in [0.05, 0.1) is 5.52 Å². The average molecular weight is 174 g/mol. The number of fused-ring (bicyclic) bond motifs is 1. The van der Waals surface area contributed by atoms with Crippen molar-refractivity contribution in [1.29, 1.82) is 5.41 Å². The van der Waals surface area contributed by atoms with Gasteiger partial charge in [-0.25, -0.2) is 0 Å². The van der Waals surface area contributed by atoms with Crippen LogP contribution < -0.4 is 5.73 Å². The van der Waals surface area contributed by atoms with Crippen molar-refractivity contribution in [3.05, 3.63) is 29.5 Å². The number of aryl methyl sites for hydroxylation is 1. The number of rotatable bonds is 1. The molecule has 66 valence electrons. The molecule has 0 saturated carbocycles. The number of benzene rings is 1. The summed E-state index contributed by atoms with van der Waals surface area (Å²) in [6, 6.07) is 5.52. The second-order valence-electron chi connectivity index (χ2n) is 2.99. The Hall–Kier alpha value is -1.84. The van der Waals surface area contributed by atoms with Crippen LogP contribution in [-0.2, 0) is 0 Å². The quantitative estimate of drug-likeness (QED) is 0.448. The number of H-pyrrole nitrogens is 1. The van der Waals surface area contributed by atoms with Crippen molar-refractivity contribution < 1.29 is 0 Å². The molecule has 0 saturated heterocycles. The van der Waals surface area contributed by atoms with Crippen molar-refractivity contribution in [2.45, 2.75) is 6.92 Å². The fourth-order valence-electron chi connectivity index (χ4n) is 1.31. The van der Waals surface area contributed by atoms with Gasteiger partial charge in [-0.2, -0.15) is 5.10 Å². The molecule has 0 radical (unpaired) electrons. The van der Waals surface area contributed by atoms with E-state index in [1.807, 2.05) is 19.1 Å². The third-order valence-electron chi connectivity index (χ3n) is 2.06. The molecule has 2 rings (SSSR count). The van der Waals surface area contributed by atoms with Crippen molar-refractivity contribution in [2.24, 2.45) is 5.73 Å². The number of nitrogens with zero attached hydrogens (tertiary/aromatic N) is 1. The summed E-state index contributed by atoms with van der Waals surface area (Å²) >= 11 is 0. The topological polar surface area (TPSA) is 78.5 Å². The fraction of sp³-hybridized carbons (Fsp3) is 0.111. The lowest BCUT2D eigenvalue weighted by Crippen LogP contribution is -2.10. The molecule has 1 aromatic carbocycles. The van der Waals surface area contributed by atoms with E-state index >= 15 is 0 Å². The molecule has 4 N–H and O–H groups in total. The monoisotopic (exact) mass is 174 g/mol. The molecule has 0 bridgehead atoms. The van der Waals surface area contributed by atoms with Crippen molar-refractivity contribution >= 4 is 16.7 Å². The minimum Gasteiger partial charge on any atom is -0.384 e. The highest BCUT2D eigenvalue weighted by Gasteiger charge is 2.03. The summed E-state index contributed by atoms with van der Waals surface area (Å²) < 4.78 is 0. The highest BCUT2D eigenvalue weighted by Crippen LogP contribution is 2.16. The number of nitrogens with one attached hydrogen (secondary N) is 2. The van der Waals surface area contributed by atoms with E-state index in [9.17, 15) is 0 Å². The molecule has 0 amide bonds. The summed E-state index contributed by atoms with van der Waals surface area (Å²) in [5.41, 5.74) is 8.01. The lowest BCUT2D eigenvalue weighted by molar-refractivity contribution is 1.07. The highest BCUT2D eigenvalue weighted by atomic mass is 15.1. The van der Waals surface area contributed by atoms with Crippen molar-refractivity contribution in [3.8, 4) is 0 Å². The van der Waals surface area contributed by atoms with Gasteiger partial charge < -0.3 is 5.73 Å². The maximum atomic E-state index is 7.28. The van der Waals surface area contributed by atoms with Crippen molar-refractivity contribution in [1.82, 2.24) is 10.2 Å². The number of amidine groups is 1. The first-order chi connectivity index (χ1) is 6.18. The second kappa shape index (κ2) is 2.58. The van der Waals surface area contributed by atoms with Gasteiger partial charge in [0.15, 0.2) is 0 Å². The van der Waals surface area contributed by atoms with Gasteiger partial charge in [0.25, 0.3) is 0 Å². The Balaban J connectivity index is 2.72. The molecule has 0 unspecified atom stereocenters. The zero-order chi connectivity index (χ0) is 9.42. The Morgan fingerprint density at radius 3 is 3.00 bits per heavy atom. The molecule has 0 aliphatic heterocycles. The second-order valence-corrected chi connectivity index (χ2v) is 2.99. The van der Waals surface area contributed by atoms with Gasteiger partial charge in [0, 0.05) is 16.6 Å². The van der Waals surface area contributed by atoms with Gasteiger partial charge in [-0.15, -0.1) is 0 Å². The van der Waals surface area contributed by atoms with Crippen LogP contribution in [0.5, 0.6) is 0 Å². The molecule has 13 heavy (non-hydrogen) atoms.